The molecule has 4 rings (SSSR count). The zero-order valence-electron chi connectivity index (χ0n) is 19.2. The topological polar surface area (TPSA) is 93.6 Å². The Balaban J connectivity index is 1.68. The second-order valence-corrected chi connectivity index (χ2v) is 8.76. The lowest BCUT2D eigenvalue weighted by Gasteiger charge is -2.27. The second kappa shape index (κ2) is 9.68. The summed E-state index contributed by atoms with van der Waals surface area (Å²) in [4.78, 5) is 30.8. The summed E-state index contributed by atoms with van der Waals surface area (Å²) in [7, 11) is 0. The van der Waals surface area contributed by atoms with Crippen LogP contribution in [-0.4, -0.2) is 43.9 Å². The monoisotopic (exact) mass is 451 g/mol. The normalized spacial score (nSPS) is 16.7. The molecule has 0 spiro atoms. The number of carbonyl (C=O) groups is 2. The minimum absolute atomic E-state index is 0.0608. The Labute approximate surface area is 192 Å². The number of carbonyl (C=O) groups excluding carboxylic acids is 2. The van der Waals surface area contributed by atoms with E-state index >= 15 is 0 Å². The summed E-state index contributed by atoms with van der Waals surface area (Å²) in [6.45, 7) is 4.83. The predicted molar refractivity (Wildman–Crippen MR) is 124 cm³/mol. The van der Waals surface area contributed by atoms with Gasteiger partial charge in [-0.25, -0.2) is 13.9 Å². The minimum Gasteiger partial charge on any atom is -0.370 e. The van der Waals surface area contributed by atoms with Crippen molar-refractivity contribution >= 4 is 17.5 Å². The molecule has 1 unspecified atom stereocenters. The van der Waals surface area contributed by atoms with E-state index in [9.17, 15) is 14.0 Å². The van der Waals surface area contributed by atoms with Gasteiger partial charge < -0.3 is 10.6 Å². The van der Waals surface area contributed by atoms with E-state index in [1.165, 1.54) is 6.07 Å². The van der Waals surface area contributed by atoms with E-state index in [2.05, 4.69) is 17.0 Å². The van der Waals surface area contributed by atoms with Crippen LogP contribution in [-0.2, 0) is 17.6 Å². The molecule has 174 valence electrons. The van der Waals surface area contributed by atoms with Crippen LogP contribution in [0.15, 0.2) is 30.3 Å². The van der Waals surface area contributed by atoms with Gasteiger partial charge in [-0.3, -0.25) is 9.59 Å². The molecule has 1 aliphatic heterocycles. The van der Waals surface area contributed by atoms with E-state index in [1.807, 2.05) is 11.8 Å². The number of rotatable bonds is 6. The predicted octanol–water partition coefficient (Wildman–Crippen LogP) is 3.92. The minimum atomic E-state index is -0.423. The van der Waals surface area contributed by atoms with Gasteiger partial charge in [0.05, 0.1) is 5.69 Å². The molecule has 1 saturated heterocycles. The molecular formula is C25H30FN5O2. The number of likely N-dealkylation sites (tertiary alicyclic amines) is 1. The van der Waals surface area contributed by atoms with Crippen molar-refractivity contribution in [3.8, 4) is 11.3 Å². The van der Waals surface area contributed by atoms with E-state index < -0.39 is 11.7 Å². The third kappa shape index (κ3) is 4.89. The highest BCUT2D eigenvalue weighted by Crippen LogP contribution is 2.26. The maximum atomic E-state index is 14.9. The first-order valence-electron chi connectivity index (χ1n) is 11.6. The molecule has 0 bridgehead atoms. The fourth-order valence-corrected chi connectivity index (χ4v) is 4.44. The highest BCUT2D eigenvalue weighted by atomic mass is 19.1. The Bertz CT molecular complexity index is 1190. The van der Waals surface area contributed by atoms with Crippen molar-refractivity contribution in [2.24, 2.45) is 5.73 Å². The number of hydrogen-bond acceptors (Lipinski definition) is 4. The Morgan fingerprint density at radius 2 is 2.00 bits per heavy atom. The van der Waals surface area contributed by atoms with Crippen molar-refractivity contribution in [3.63, 3.8) is 0 Å². The van der Waals surface area contributed by atoms with Gasteiger partial charge in [0.25, 0.3) is 5.91 Å². The van der Waals surface area contributed by atoms with Crippen molar-refractivity contribution in [2.75, 3.05) is 6.54 Å². The van der Waals surface area contributed by atoms with Gasteiger partial charge in [0, 0.05) is 36.3 Å². The Kier molecular flexibility index (Phi) is 6.72. The van der Waals surface area contributed by atoms with E-state index in [0.29, 0.717) is 41.0 Å². The van der Waals surface area contributed by atoms with Crippen LogP contribution in [0.4, 0.5) is 4.39 Å². The molecular weight excluding hydrogens is 421 g/mol. The van der Waals surface area contributed by atoms with Gasteiger partial charge in [-0.15, -0.1) is 0 Å². The molecule has 1 fully saturated rings. The first-order valence-corrected chi connectivity index (χ1v) is 11.6. The summed E-state index contributed by atoms with van der Waals surface area (Å²) < 4.78 is 16.5. The number of hydrogen-bond donors (Lipinski definition) is 1. The van der Waals surface area contributed by atoms with Crippen LogP contribution < -0.4 is 5.73 Å². The van der Waals surface area contributed by atoms with Gasteiger partial charge in [0.1, 0.15) is 11.5 Å². The zero-order chi connectivity index (χ0) is 23.5. The molecule has 8 heteroatoms. The summed E-state index contributed by atoms with van der Waals surface area (Å²) in [5.74, 6) is -0.902. The van der Waals surface area contributed by atoms with Gasteiger partial charge in [-0.2, -0.15) is 5.10 Å². The molecule has 2 N–H and O–H groups in total. The lowest BCUT2D eigenvalue weighted by Crippen LogP contribution is -2.38. The highest BCUT2D eigenvalue weighted by molar-refractivity contribution is 5.93. The summed E-state index contributed by atoms with van der Waals surface area (Å²) in [5.41, 5.74) is 8.45. The zero-order valence-corrected chi connectivity index (χ0v) is 19.2. The number of fused-ring (bicyclic) bond motifs is 1. The van der Waals surface area contributed by atoms with E-state index in [-0.39, 0.29) is 18.4 Å². The molecule has 7 nitrogen and oxygen atoms in total. The van der Waals surface area contributed by atoms with Crippen LogP contribution in [0.5, 0.6) is 0 Å². The van der Waals surface area contributed by atoms with E-state index in [1.54, 1.807) is 28.8 Å². The first-order chi connectivity index (χ1) is 15.9. The number of primary amides is 1. The van der Waals surface area contributed by atoms with Crippen LogP contribution >= 0.6 is 0 Å². The summed E-state index contributed by atoms with van der Waals surface area (Å²) >= 11 is 0. The molecule has 33 heavy (non-hydrogen) atoms. The molecule has 2 amide bonds. The lowest BCUT2D eigenvalue weighted by atomic mass is 10.0. The molecule has 3 heterocycles. The van der Waals surface area contributed by atoms with Gasteiger partial charge in [-0.05, 0) is 56.4 Å². The van der Waals surface area contributed by atoms with Crippen LogP contribution in [0.25, 0.3) is 16.9 Å². The molecule has 0 aliphatic carbocycles. The van der Waals surface area contributed by atoms with Gasteiger partial charge in [-0.1, -0.05) is 25.8 Å². The van der Waals surface area contributed by atoms with Crippen LogP contribution in [0.1, 0.15) is 67.7 Å². The number of halogens is 1. The van der Waals surface area contributed by atoms with Crippen molar-refractivity contribution in [1.29, 1.82) is 0 Å². The summed E-state index contributed by atoms with van der Waals surface area (Å²) in [5, 5.41) is 4.58. The van der Waals surface area contributed by atoms with Crippen LogP contribution in [0.2, 0.25) is 0 Å². The lowest BCUT2D eigenvalue weighted by molar-refractivity contribution is -0.118. The number of nitrogens with zero attached hydrogens (tertiary/aromatic N) is 4. The maximum absolute atomic E-state index is 14.9. The second-order valence-electron chi connectivity index (χ2n) is 8.76. The molecule has 1 aromatic carbocycles. The molecule has 3 aromatic rings. The van der Waals surface area contributed by atoms with E-state index in [4.69, 9.17) is 5.73 Å². The largest absolute Gasteiger partial charge is 0.370 e. The van der Waals surface area contributed by atoms with Crippen molar-refractivity contribution in [2.45, 2.75) is 64.8 Å². The van der Waals surface area contributed by atoms with Crippen molar-refractivity contribution < 1.29 is 14.0 Å². The van der Waals surface area contributed by atoms with Crippen LogP contribution in [0, 0.1) is 5.82 Å². The SMILES string of the molecule is CCc1cc(C(=O)N2CCCCCC2C)nc2cc(-c3ccc(CCC(N)=O)cc3F)nn12. The number of benzene rings is 1. The van der Waals surface area contributed by atoms with Gasteiger partial charge >= 0.3 is 0 Å². The van der Waals surface area contributed by atoms with Crippen LogP contribution in [0.3, 0.4) is 0 Å². The highest BCUT2D eigenvalue weighted by Gasteiger charge is 2.25. The number of aromatic nitrogens is 3. The van der Waals surface area contributed by atoms with Crippen molar-refractivity contribution in [1.82, 2.24) is 19.5 Å². The molecule has 1 aliphatic rings. The van der Waals surface area contributed by atoms with Gasteiger partial charge in [0.2, 0.25) is 5.91 Å². The summed E-state index contributed by atoms with van der Waals surface area (Å²) in [6.07, 6.45) is 5.49. The molecule has 2 aromatic heterocycles. The average Bonchev–Trinajstić information content (AvgIpc) is 3.10. The first kappa shape index (κ1) is 22.9. The number of nitrogens with two attached hydrogens (primary N) is 1. The number of aryl methyl sites for hydroxylation is 2. The van der Waals surface area contributed by atoms with Crippen molar-refractivity contribution in [3.05, 3.63) is 53.1 Å². The third-order valence-electron chi connectivity index (χ3n) is 6.37. The molecule has 0 radical (unpaired) electrons. The standard InChI is InChI=1S/C25H30FN5O2/c1-3-18-14-22(25(33)30-12-6-4-5-7-16(30)2)28-24-15-21(29-31(18)24)19-10-8-17(13-20(19)26)9-11-23(27)32/h8,10,13-16H,3-7,9,11-12H2,1-2H3,(H2,27,32). The Hall–Kier alpha value is -3.29. The maximum Gasteiger partial charge on any atom is 0.272 e. The summed E-state index contributed by atoms with van der Waals surface area (Å²) in [6, 6.07) is 8.53. The average molecular weight is 452 g/mol. The molecule has 0 saturated carbocycles. The Morgan fingerprint density at radius 3 is 2.73 bits per heavy atom. The van der Waals surface area contributed by atoms with Gasteiger partial charge in [0.15, 0.2) is 5.65 Å². The fourth-order valence-electron chi connectivity index (χ4n) is 4.44. The van der Waals surface area contributed by atoms with E-state index in [0.717, 1.165) is 37.9 Å². The quantitative estimate of drug-likeness (QED) is 0.615. The smallest absolute Gasteiger partial charge is 0.272 e. The molecule has 1 atom stereocenters. The Morgan fingerprint density at radius 1 is 1.18 bits per heavy atom. The third-order valence-corrected chi connectivity index (χ3v) is 6.37. The fraction of sp³-hybridized carbons (Fsp3) is 0.440. The number of amides is 2.